The fraction of sp³-hybridized carbons (Fsp3) is 0.261. The highest BCUT2D eigenvalue weighted by Crippen LogP contribution is 2.07. The molecule has 160 valence electrons. The number of benzene rings is 2. The third kappa shape index (κ3) is 7.57. The van der Waals surface area contributed by atoms with Crippen molar-refractivity contribution >= 4 is 11.8 Å². The zero-order valence-corrected chi connectivity index (χ0v) is 17.1. The highest BCUT2D eigenvalue weighted by molar-refractivity contribution is 5.97. The van der Waals surface area contributed by atoms with Crippen LogP contribution in [0.5, 0.6) is 0 Å². The molecule has 0 aromatic heterocycles. The number of rotatable bonds is 8. The number of amides is 2. The van der Waals surface area contributed by atoms with Crippen LogP contribution in [-0.2, 0) is 11.3 Å². The van der Waals surface area contributed by atoms with Crippen LogP contribution in [-0.4, -0.2) is 40.8 Å². The molecule has 8 heteroatoms. The third-order valence-corrected chi connectivity index (χ3v) is 4.36. The first-order valence-corrected chi connectivity index (χ1v) is 9.66. The molecule has 0 saturated heterocycles. The van der Waals surface area contributed by atoms with E-state index in [1.165, 1.54) is 12.4 Å². The van der Waals surface area contributed by atoms with Crippen LogP contribution < -0.4 is 16.1 Å². The number of aliphatic hydroxyl groups excluding tert-OH is 1. The van der Waals surface area contributed by atoms with Gasteiger partial charge in [0.2, 0.25) is 0 Å². The molecule has 0 fully saturated rings. The van der Waals surface area contributed by atoms with Gasteiger partial charge in [-0.1, -0.05) is 24.0 Å². The Labute approximate surface area is 180 Å². The van der Waals surface area contributed by atoms with Gasteiger partial charge in [0.25, 0.3) is 11.8 Å². The van der Waals surface area contributed by atoms with Gasteiger partial charge in [0.05, 0.1) is 12.2 Å². The van der Waals surface area contributed by atoms with Crippen molar-refractivity contribution in [1.29, 1.82) is 5.26 Å². The minimum Gasteiger partial charge on any atom is -0.391 e. The number of nitrogens with zero attached hydrogens (tertiary/aromatic N) is 1. The lowest BCUT2D eigenvalue weighted by Crippen LogP contribution is -2.51. The Morgan fingerprint density at radius 1 is 1.03 bits per heavy atom. The monoisotopic (exact) mass is 420 g/mol. The van der Waals surface area contributed by atoms with E-state index in [2.05, 4.69) is 28.5 Å². The zero-order chi connectivity index (χ0) is 22.6. The molecule has 0 heterocycles. The molecule has 0 saturated carbocycles. The van der Waals surface area contributed by atoms with E-state index < -0.39 is 24.0 Å². The van der Waals surface area contributed by atoms with Crippen molar-refractivity contribution in [2.24, 2.45) is 0 Å². The summed E-state index contributed by atoms with van der Waals surface area (Å²) in [7, 11) is 0. The van der Waals surface area contributed by atoms with Crippen molar-refractivity contribution < 1.29 is 19.9 Å². The summed E-state index contributed by atoms with van der Waals surface area (Å²) in [5.74, 6) is 4.61. The number of hydroxylamine groups is 1. The summed E-state index contributed by atoms with van der Waals surface area (Å²) >= 11 is 0. The lowest BCUT2D eigenvalue weighted by molar-refractivity contribution is -0.133. The largest absolute Gasteiger partial charge is 0.391 e. The average molecular weight is 420 g/mol. The van der Waals surface area contributed by atoms with E-state index in [9.17, 15) is 14.7 Å². The molecule has 0 aliphatic carbocycles. The molecule has 2 aromatic rings. The van der Waals surface area contributed by atoms with Crippen LogP contribution in [0.2, 0.25) is 0 Å². The summed E-state index contributed by atoms with van der Waals surface area (Å²) < 4.78 is 0. The Bertz CT molecular complexity index is 983. The van der Waals surface area contributed by atoms with Gasteiger partial charge in [0.15, 0.2) is 0 Å². The maximum Gasteiger partial charge on any atom is 0.268 e. The predicted octanol–water partition coefficient (Wildman–Crippen LogP) is 1.07. The first kappa shape index (κ1) is 23.6. The van der Waals surface area contributed by atoms with E-state index in [0.717, 1.165) is 11.1 Å². The van der Waals surface area contributed by atoms with Crippen molar-refractivity contribution in [3.8, 4) is 17.9 Å². The number of hydrogen-bond acceptors (Lipinski definition) is 6. The summed E-state index contributed by atoms with van der Waals surface area (Å²) in [6.07, 6.45) is -0.704. The number of nitrogens with one attached hydrogen (secondary N) is 3. The first-order chi connectivity index (χ1) is 14.9. The zero-order valence-electron chi connectivity index (χ0n) is 17.1. The van der Waals surface area contributed by atoms with Crippen molar-refractivity contribution in [3.05, 3.63) is 70.8 Å². The molecular formula is C23H24N4O4. The Morgan fingerprint density at radius 3 is 2.13 bits per heavy atom. The molecule has 5 N–H and O–H groups in total. The van der Waals surface area contributed by atoms with E-state index in [0.29, 0.717) is 25.1 Å². The third-order valence-electron chi connectivity index (χ3n) is 4.36. The van der Waals surface area contributed by atoms with E-state index in [1.807, 2.05) is 24.3 Å². The first-order valence-electron chi connectivity index (χ1n) is 9.66. The molecule has 0 aliphatic rings. The lowest BCUT2D eigenvalue weighted by atomic mass is 10.1. The van der Waals surface area contributed by atoms with E-state index in [4.69, 9.17) is 10.5 Å². The predicted molar refractivity (Wildman–Crippen MR) is 114 cm³/mol. The van der Waals surface area contributed by atoms with Crippen LogP contribution in [0.25, 0.3) is 0 Å². The fourth-order valence-electron chi connectivity index (χ4n) is 2.63. The Kier molecular flexibility index (Phi) is 9.21. The van der Waals surface area contributed by atoms with Gasteiger partial charge < -0.3 is 15.7 Å². The Hall–Kier alpha value is -3.69. The van der Waals surface area contributed by atoms with Gasteiger partial charge in [-0.3, -0.25) is 14.8 Å². The Morgan fingerprint density at radius 2 is 1.61 bits per heavy atom. The molecular weight excluding hydrogens is 396 g/mol. The normalized spacial score (nSPS) is 11.9. The van der Waals surface area contributed by atoms with Gasteiger partial charge in [-0.05, 0) is 48.9 Å². The van der Waals surface area contributed by atoms with Gasteiger partial charge in [0, 0.05) is 36.2 Å². The number of carbonyl (C=O) groups excluding carboxylic acids is 2. The van der Waals surface area contributed by atoms with Crippen LogP contribution in [0.15, 0.2) is 48.5 Å². The SMILES string of the molecule is C[C@@H](O)[C@H](NC(=O)c1ccc(C#Cc2ccc(CNCCC#N)cc2)cc1)C(=O)NO. The number of nitriles is 1. The standard InChI is InChI=1S/C23H24N4O4/c1-16(28)21(23(30)27-31)26-22(29)20-11-9-18(10-12-20)4-3-17-5-7-19(8-6-17)15-25-14-2-13-24/h5-12,16,21,25,28,31H,2,14-15H2,1H3,(H,26,29)(H,27,30)/t16-,21+/m1/s1. The molecule has 2 atom stereocenters. The molecule has 2 aromatic carbocycles. The highest BCUT2D eigenvalue weighted by atomic mass is 16.5. The summed E-state index contributed by atoms with van der Waals surface area (Å²) in [6, 6.07) is 15.1. The second-order valence-electron chi connectivity index (χ2n) is 6.78. The van der Waals surface area contributed by atoms with E-state index in [1.54, 1.807) is 24.3 Å². The molecule has 2 rings (SSSR count). The number of aliphatic hydroxyl groups is 1. The van der Waals surface area contributed by atoms with E-state index in [-0.39, 0.29) is 5.56 Å². The van der Waals surface area contributed by atoms with Crippen molar-refractivity contribution in [2.75, 3.05) is 6.54 Å². The minimum absolute atomic E-state index is 0.287. The van der Waals surface area contributed by atoms with Gasteiger partial charge in [0.1, 0.15) is 6.04 Å². The smallest absolute Gasteiger partial charge is 0.268 e. The van der Waals surface area contributed by atoms with Crippen molar-refractivity contribution in [1.82, 2.24) is 16.1 Å². The fourth-order valence-corrected chi connectivity index (χ4v) is 2.63. The summed E-state index contributed by atoms with van der Waals surface area (Å²) in [5, 5.41) is 32.4. The van der Waals surface area contributed by atoms with Crippen molar-refractivity contribution in [2.45, 2.75) is 32.0 Å². The van der Waals surface area contributed by atoms with Crippen LogP contribution in [0, 0.1) is 23.2 Å². The van der Waals surface area contributed by atoms with Gasteiger partial charge >= 0.3 is 0 Å². The van der Waals surface area contributed by atoms with Crippen molar-refractivity contribution in [3.63, 3.8) is 0 Å². The molecule has 0 unspecified atom stereocenters. The molecule has 31 heavy (non-hydrogen) atoms. The summed E-state index contributed by atoms with van der Waals surface area (Å²) in [6.45, 7) is 2.67. The molecule has 0 aliphatic heterocycles. The summed E-state index contributed by atoms with van der Waals surface area (Å²) in [5.41, 5.74) is 4.36. The van der Waals surface area contributed by atoms with E-state index >= 15 is 0 Å². The molecule has 0 bridgehead atoms. The molecule has 2 amide bonds. The minimum atomic E-state index is -1.28. The Balaban J connectivity index is 1.97. The average Bonchev–Trinajstić information content (AvgIpc) is 2.79. The van der Waals surface area contributed by atoms with Gasteiger partial charge in [-0.15, -0.1) is 0 Å². The topological polar surface area (TPSA) is 134 Å². The lowest BCUT2D eigenvalue weighted by Gasteiger charge is -2.19. The summed E-state index contributed by atoms with van der Waals surface area (Å²) in [4.78, 5) is 23.8. The number of hydrogen-bond donors (Lipinski definition) is 5. The second-order valence-corrected chi connectivity index (χ2v) is 6.78. The maximum atomic E-state index is 12.3. The molecule has 0 spiro atoms. The quantitative estimate of drug-likeness (QED) is 0.188. The molecule has 0 radical (unpaired) electrons. The van der Waals surface area contributed by atoms with Crippen LogP contribution in [0.4, 0.5) is 0 Å². The van der Waals surface area contributed by atoms with Crippen LogP contribution >= 0.6 is 0 Å². The number of carbonyl (C=O) groups is 2. The highest BCUT2D eigenvalue weighted by Gasteiger charge is 2.25. The maximum absolute atomic E-state index is 12.3. The second kappa shape index (κ2) is 12.1. The van der Waals surface area contributed by atoms with Crippen LogP contribution in [0.1, 0.15) is 40.4 Å². The molecule has 8 nitrogen and oxygen atoms in total. The van der Waals surface area contributed by atoms with Gasteiger partial charge in [-0.25, -0.2) is 5.48 Å². The van der Waals surface area contributed by atoms with Gasteiger partial charge in [-0.2, -0.15) is 5.26 Å². The van der Waals surface area contributed by atoms with Crippen LogP contribution in [0.3, 0.4) is 0 Å².